The fourth-order valence-corrected chi connectivity index (χ4v) is 3.83. The van der Waals surface area contributed by atoms with E-state index < -0.39 is 23.7 Å². The van der Waals surface area contributed by atoms with Crippen LogP contribution < -0.4 is 15.4 Å². The molecular formula is C28H27ClFN5O6. The highest BCUT2D eigenvalue weighted by Gasteiger charge is 2.23. The molecule has 0 atom stereocenters. The third-order valence-corrected chi connectivity index (χ3v) is 6.29. The Kier molecular flexibility index (Phi) is 9.89. The minimum absolute atomic E-state index is 0.0487. The molecule has 1 aromatic heterocycles. The zero-order chi connectivity index (χ0) is 29.4. The van der Waals surface area contributed by atoms with Gasteiger partial charge < -0.3 is 24.8 Å². The standard InChI is InChI=1S/C28H27ClFN5O6/c1-39-26(37)13-35(14-27(38)40-2)9-3-4-25(36)34-23-11-19-22(12-24(23)41-15-17-5-6-17)31-16-32-28(19)33-18-7-8-21(30)20(29)10-18/h7-8,10-12,16-17H,5-6,9,13-15H2,1-2H3,(H,34,36)(H,31,32,33). The molecule has 41 heavy (non-hydrogen) atoms. The van der Waals surface area contributed by atoms with Crippen molar-refractivity contribution in [2.45, 2.75) is 12.8 Å². The van der Waals surface area contributed by atoms with Crippen molar-refractivity contribution < 1.29 is 33.0 Å². The van der Waals surface area contributed by atoms with Crippen LogP contribution in [-0.2, 0) is 23.9 Å². The highest BCUT2D eigenvalue weighted by Crippen LogP contribution is 2.36. The van der Waals surface area contributed by atoms with Crippen LogP contribution >= 0.6 is 11.6 Å². The summed E-state index contributed by atoms with van der Waals surface area (Å²) in [6, 6.07) is 7.54. The predicted octanol–water partition coefficient (Wildman–Crippen LogP) is 3.54. The van der Waals surface area contributed by atoms with Crippen LogP contribution in [-0.4, -0.2) is 73.2 Å². The normalized spacial score (nSPS) is 12.3. The van der Waals surface area contributed by atoms with Crippen LogP contribution in [0.3, 0.4) is 0 Å². The third kappa shape index (κ3) is 8.51. The van der Waals surface area contributed by atoms with E-state index in [4.69, 9.17) is 16.3 Å². The van der Waals surface area contributed by atoms with E-state index in [0.717, 1.165) is 12.8 Å². The van der Waals surface area contributed by atoms with Gasteiger partial charge >= 0.3 is 11.9 Å². The van der Waals surface area contributed by atoms with Gasteiger partial charge in [0.2, 0.25) is 0 Å². The molecule has 0 unspecified atom stereocenters. The summed E-state index contributed by atoms with van der Waals surface area (Å²) in [5, 5.41) is 6.34. The molecule has 3 aromatic rings. The SMILES string of the molecule is COC(=O)CN(CC#CC(=O)Nc1cc2c(Nc3ccc(F)c(Cl)c3)ncnc2cc1OCC1CC1)CC(=O)OC. The van der Waals surface area contributed by atoms with Gasteiger partial charge in [-0.3, -0.25) is 19.3 Å². The maximum atomic E-state index is 13.6. The number of benzene rings is 2. The maximum absolute atomic E-state index is 13.6. The summed E-state index contributed by atoms with van der Waals surface area (Å²) in [5.74, 6) is 4.06. The smallest absolute Gasteiger partial charge is 0.319 e. The lowest BCUT2D eigenvalue weighted by Gasteiger charge is -2.16. The van der Waals surface area contributed by atoms with Crippen LogP contribution in [0.5, 0.6) is 5.75 Å². The summed E-state index contributed by atoms with van der Waals surface area (Å²) in [5.41, 5.74) is 1.39. The molecule has 1 aliphatic carbocycles. The van der Waals surface area contributed by atoms with Crippen molar-refractivity contribution in [2.24, 2.45) is 5.92 Å². The first-order chi connectivity index (χ1) is 19.7. The largest absolute Gasteiger partial charge is 0.491 e. The number of amides is 1. The van der Waals surface area contributed by atoms with Gasteiger partial charge in [-0.15, -0.1) is 0 Å². The Morgan fingerprint density at radius 1 is 1.10 bits per heavy atom. The fraction of sp³-hybridized carbons (Fsp3) is 0.321. The number of methoxy groups -OCH3 is 2. The Hall–Kier alpha value is -4.47. The van der Waals surface area contributed by atoms with Crippen molar-refractivity contribution in [3.05, 3.63) is 47.5 Å². The van der Waals surface area contributed by atoms with Crippen LogP contribution in [0.15, 0.2) is 36.7 Å². The predicted molar refractivity (Wildman–Crippen MR) is 149 cm³/mol. The van der Waals surface area contributed by atoms with Crippen molar-refractivity contribution in [3.63, 3.8) is 0 Å². The second kappa shape index (κ2) is 13.7. The van der Waals surface area contributed by atoms with Gasteiger partial charge in [0.1, 0.15) is 23.7 Å². The van der Waals surface area contributed by atoms with Gasteiger partial charge in [0.05, 0.1) is 56.7 Å². The van der Waals surface area contributed by atoms with Crippen molar-refractivity contribution in [2.75, 3.05) is 51.1 Å². The summed E-state index contributed by atoms with van der Waals surface area (Å²) in [7, 11) is 2.45. The molecule has 4 rings (SSSR count). The number of fused-ring (bicyclic) bond motifs is 1. The Bertz CT molecular complexity index is 1500. The Labute approximate surface area is 240 Å². The molecule has 11 nitrogen and oxygen atoms in total. The van der Waals surface area contributed by atoms with E-state index in [1.807, 2.05) is 0 Å². The van der Waals surface area contributed by atoms with Crippen LogP contribution in [0, 0.1) is 23.6 Å². The first-order valence-corrected chi connectivity index (χ1v) is 12.9. The van der Waals surface area contributed by atoms with E-state index >= 15 is 0 Å². The molecule has 0 bridgehead atoms. The summed E-state index contributed by atoms with van der Waals surface area (Å²) >= 11 is 5.92. The molecule has 0 aliphatic heterocycles. The van der Waals surface area contributed by atoms with Crippen LogP contribution in [0.4, 0.5) is 21.6 Å². The number of hydrogen-bond acceptors (Lipinski definition) is 10. The molecule has 1 saturated carbocycles. The summed E-state index contributed by atoms with van der Waals surface area (Å²) in [4.78, 5) is 46.1. The average Bonchev–Trinajstić information content (AvgIpc) is 3.78. The number of anilines is 3. The molecule has 0 spiro atoms. The lowest BCUT2D eigenvalue weighted by Crippen LogP contribution is -2.36. The Morgan fingerprint density at radius 3 is 2.49 bits per heavy atom. The highest BCUT2D eigenvalue weighted by molar-refractivity contribution is 6.31. The number of carbonyl (C=O) groups excluding carboxylic acids is 3. The molecule has 13 heteroatoms. The van der Waals surface area contributed by atoms with E-state index in [1.54, 1.807) is 12.1 Å². The number of nitrogens with zero attached hydrogens (tertiary/aromatic N) is 3. The average molecular weight is 584 g/mol. The topological polar surface area (TPSA) is 132 Å². The number of aromatic nitrogens is 2. The van der Waals surface area contributed by atoms with Gasteiger partial charge in [-0.1, -0.05) is 17.5 Å². The monoisotopic (exact) mass is 583 g/mol. The van der Waals surface area contributed by atoms with Crippen LogP contribution in [0.2, 0.25) is 5.02 Å². The maximum Gasteiger partial charge on any atom is 0.319 e. The minimum Gasteiger partial charge on any atom is -0.491 e. The van der Waals surface area contributed by atoms with E-state index in [2.05, 4.69) is 41.9 Å². The van der Waals surface area contributed by atoms with Crippen molar-refractivity contribution in [1.29, 1.82) is 0 Å². The number of esters is 2. The van der Waals surface area contributed by atoms with Gasteiger partial charge in [-0.05, 0) is 48.9 Å². The molecule has 1 heterocycles. The van der Waals surface area contributed by atoms with Gasteiger partial charge in [0.15, 0.2) is 0 Å². The van der Waals surface area contributed by atoms with Gasteiger partial charge in [-0.25, -0.2) is 14.4 Å². The minimum atomic E-state index is -0.645. The van der Waals surface area contributed by atoms with Gasteiger partial charge in [0, 0.05) is 17.1 Å². The van der Waals surface area contributed by atoms with Gasteiger partial charge in [0.25, 0.3) is 5.91 Å². The summed E-state index contributed by atoms with van der Waals surface area (Å²) in [6.07, 6.45) is 3.52. The fourth-order valence-electron chi connectivity index (χ4n) is 3.65. The zero-order valence-corrected chi connectivity index (χ0v) is 23.1. The summed E-state index contributed by atoms with van der Waals surface area (Å²) < 4.78 is 28.9. The Morgan fingerprint density at radius 2 is 1.83 bits per heavy atom. The number of rotatable bonds is 11. The zero-order valence-electron chi connectivity index (χ0n) is 22.3. The van der Waals surface area contributed by atoms with Crippen LogP contribution in [0.1, 0.15) is 12.8 Å². The molecule has 1 amide bonds. The number of ether oxygens (including phenoxy) is 3. The first-order valence-electron chi connectivity index (χ1n) is 12.5. The highest BCUT2D eigenvalue weighted by atomic mass is 35.5. The number of nitrogens with one attached hydrogen (secondary N) is 2. The lowest BCUT2D eigenvalue weighted by molar-refractivity contribution is -0.145. The quantitative estimate of drug-likeness (QED) is 0.255. The van der Waals surface area contributed by atoms with Gasteiger partial charge in [-0.2, -0.15) is 0 Å². The second-order valence-corrected chi connectivity index (χ2v) is 9.56. The van der Waals surface area contributed by atoms with E-state index in [1.165, 1.54) is 43.6 Å². The third-order valence-electron chi connectivity index (χ3n) is 6.00. The van der Waals surface area contributed by atoms with Crippen molar-refractivity contribution in [1.82, 2.24) is 14.9 Å². The van der Waals surface area contributed by atoms with Crippen molar-refractivity contribution in [3.8, 4) is 17.6 Å². The molecule has 1 fully saturated rings. The number of carbonyl (C=O) groups is 3. The molecule has 0 saturated heterocycles. The van der Waals surface area contributed by atoms with E-state index in [9.17, 15) is 18.8 Å². The molecule has 2 aromatic carbocycles. The molecular weight excluding hydrogens is 557 g/mol. The molecule has 2 N–H and O–H groups in total. The summed E-state index contributed by atoms with van der Waals surface area (Å²) in [6.45, 7) is 0.00437. The van der Waals surface area contributed by atoms with Crippen LogP contribution in [0.25, 0.3) is 10.9 Å². The molecule has 1 aliphatic rings. The second-order valence-electron chi connectivity index (χ2n) is 9.15. The van der Waals surface area contributed by atoms with E-state index in [0.29, 0.717) is 46.4 Å². The number of hydrogen-bond donors (Lipinski definition) is 2. The molecule has 0 radical (unpaired) electrons. The molecule has 214 valence electrons. The number of halogens is 2. The Balaban J connectivity index is 1.57. The van der Waals surface area contributed by atoms with E-state index in [-0.39, 0.29) is 24.7 Å². The first kappa shape index (κ1) is 29.5. The lowest BCUT2D eigenvalue weighted by atomic mass is 10.1. The van der Waals surface area contributed by atoms with Crippen molar-refractivity contribution >= 4 is 57.5 Å².